The molecule has 0 bridgehead atoms. The van der Waals surface area contributed by atoms with Gasteiger partial charge in [-0.1, -0.05) is 40.7 Å². The van der Waals surface area contributed by atoms with Crippen LogP contribution in [0, 0.1) is 11.8 Å². The van der Waals surface area contributed by atoms with E-state index in [1.165, 1.54) is 5.56 Å². The van der Waals surface area contributed by atoms with Gasteiger partial charge in [-0.15, -0.1) is 0 Å². The maximum absolute atomic E-state index is 10.9. The number of nitrogens with zero attached hydrogens (tertiary/aromatic N) is 1. The smallest absolute Gasteiger partial charge is 0.0707 e. The number of hydrogen-bond acceptors (Lipinski definition) is 2. The van der Waals surface area contributed by atoms with Crippen LogP contribution < -0.4 is 0 Å². The number of pyridine rings is 1. The van der Waals surface area contributed by atoms with Crippen molar-refractivity contribution in [1.29, 1.82) is 0 Å². The monoisotopic (exact) mass is 263 g/mol. The van der Waals surface area contributed by atoms with E-state index in [1.54, 1.807) is 0 Å². The molecule has 0 aromatic carbocycles. The van der Waals surface area contributed by atoms with E-state index in [2.05, 4.69) is 51.7 Å². The Hall–Kier alpha value is -0.890. The summed E-state index contributed by atoms with van der Waals surface area (Å²) in [6, 6.07) is 4.18. The van der Waals surface area contributed by atoms with Gasteiger partial charge in [0.1, 0.15) is 0 Å². The average molecular weight is 263 g/mol. The summed E-state index contributed by atoms with van der Waals surface area (Å²) in [6.45, 7) is 10.8. The Kier molecular flexibility index (Phi) is 5.99. The van der Waals surface area contributed by atoms with Crippen molar-refractivity contribution in [2.45, 2.75) is 65.9 Å². The summed E-state index contributed by atoms with van der Waals surface area (Å²) in [5.74, 6) is 0.998. The second-order valence-electron chi connectivity index (χ2n) is 6.61. The van der Waals surface area contributed by atoms with Gasteiger partial charge in [0.05, 0.1) is 5.60 Å². The van der Waals surface area contributed by atoms with Crippen molar-refractivity contribution in [2.24, 2.45) is 11.8 Å². The van der Waals surface area contributed by atoms with Crippen LogP contribution >= 0.6 is 0 Å². The summed E-state index contributed by atoms with van der Waals surface area (Å²) in [5, 5.41) is 10.9. The van der Waals surface area contributed by atoms with Crippen LogP contribution in [0.2, 0.25) is 0 Å². The van der Waals surface area contributed by atoms with Crippen LogP contribution in [-0.2, 0) is 12.8 Å². The Morgan fingerprint density at radius 3 is 2.05 bits per heavy atom. The Morgan fingerprint density at radius 1 is 1.11 bits per heavy atom. The van der Waals surface area contributed by atoms with Gasteiger partial charge in [0.15, 0.2) is 0 Å². The van der Waals surface area contributed by atoms with Crippen molar-refractivity contribution in [3.05, 3.63) is 29.6 Å². The molecule has 0 radical (unpaired) electrons. The number of rotatable bonds is 7. The van der Waals surface area contributed by atoms with Gasteiger partial charge in [0, 0.05) is 18.3 Å². The molecule has 0 unspecified atom stereocenters. The molecule has 1 rings (SSSR count). The highest BCUT2D eigenvalue weighted by molar-refractivity contribution is 5.15. The molecule has 1 aromatic rings. The van der Waals surface area contributed by atoms with Gasteiger partial charge in [-0.05, 0) is 42.7 Å². The minimum atomic E-state index is -0.622. The zero-order chi connectivity index (χ0) is 14.5. The normalized spacial score (nSPS) is 12.4. The molecule has 2 nitrogen and oxygen atoms in total. The van der Waals surface area contributed by atoms with Crippen LogP contribution in [0.1, 0.15) is 58.7 Å². The van der Waals surface area contributed by atoms with E-state index in [9.17, 15) is 5.11 Å². The van der Waals surface area contributed by atoms with Crippen LogP contribution in [0.25, 0.3) is 0 Å². The number of aliphatic hydroxyl groups is 1. The molecule has 1 aromatic heterocycles. The quantitative estimate of drug-likeness (QED) is 0.806. The molecule has 0 saturated carbocycles. The van der Waals surface area contributed by atoms with E-state index in [-0.39, 0.29) is 0 Å². The fourth-order valence-electron chi connectivity index (χ4n) is 2.85. The largest absolute Gasteiger partial charge is 0.389 e. The number of hydrogen-bond donors (Lipinski definition) is 1. The third-order valence-corrected chi connectivity index (χ3v) is 3.38. The minimum Gasteiger partial charge on any atom is -0.389 e. The molecule has 108 valence electrons. The predicted molar refractivity (Wildman–Crippen MR) is 81.2 cm³/mol. The van der Waals surface area contributed by atoms with Crippen LogP contribution in [0.4, 0.5) is 0 Å². The van der Waals surface area contributed by atoms with Gasteiger partial charge in [-0.2, -0.15) is 0 Å². The zero-order valence-corrected chi connectivity index (χ0v) is 13.1. The van der Waals surface area contributed by atoms with Crippen molar-refractivity contribution in [3.63, 3.8) is 0 Å². The molecule has 19 heavy (non-hydrogen) atoms. The van der Waals surface area contributed by atoms with Gasteiger partial charge in [0.2, 0.25) is 0 Å². The lowest BCUT2D eigenvalue weighted by atomic mass is 9.81. The van der Waals surface area contributed by atoms with E-state index >= 15 is 0 Å². The van der Waals surface area contributed by atoms with Crippen molar-refractivity contribution in [2.75, 3.05) is 0 Å². The Balaban J connectivity index is 2.80. The summed E-state index contributed by atoms with van der Waals surface area (Å²) in [7, 11) is 0. The van der Waals surface area contributed by atoms with Gasteiger partial charge in [-0.25, -0.2) is 0 Å². The molecule has 0 aliphatic carbocycles. The van der Waals surface area contributed by atoms with Gasteiger partial charge < -0.3 is 5.11 Å². The lowest BCUT2D eigenvalue weighted by Gasteiger charge is -2.31. The predicted octanol–water partition coefficient (Wildman–Crippen LogP) is 4.01. The molecule has 0 spiro atoms. The van der Waals surface area contributed by atoms with Crippen LogP contribution in [0.5, 0.6) is 0 Å². The Bertz CT molecular complexity index is 357. The molecule has 0 aliphatic rings. The van der Waals surface area contributed by atoms with E-state index in [0.717, 1.165) is 25.0 Å². The maximum atomic E-state index is 10.9. The number of aromatic nitrogens is 1. The summed E-state index contributed by atoms with van der Waals surface area (Å²) >= 11 is 0. The summed E-state index contributed by atoms with van der Waals surface area (Å²) in [4.78, 5) is 4.49. The molecular formula is C17H29NO. The molecule has 0 saturated heterocycles. The zero-order valence-electron chi connectivity index (χ0n) is 13.1. The standard InChI is InChI=1S/C17H29NO/c1-6-15-7-8-16(18-12-15)11-17(19,9-13(2)3)10-14(4)5/h7-8,12-14,19H,6,9-11H2,1-5H3. The molecule has 0 atom stereocenters. The first-order valence-corrected chi connectivity index (χ1v) is 7.51. The van der Waals surface area contributed by atoms with E-state index in [0.29, 0.717) is 18.3 Å². The van der Waals surface area contributed by atoms with E-state index < -0.39 is 5.60 Å². The number of aryl methyl sites for hydroxylation is 1. The minimum absolute atomic E-state index is 0.499. The van der Waals surface area contributed by atoms with Crippen LogP contribution in [0.3, 0.4) is 0 Å². The van der Waals surface area contributed by atoms with Crippen LogP contribution in [-0.4, -0.2) is 15.7 Å². The molecular weight excluding hydrogens is 234 g/mol. The van der Waals surface area contributed by atoms with E-state index in [4.69, 9.17) is 0 Å². The second kappa shape index (κ2) is 7.04. The Morgan fingerprint density at radius 2 is 1.68 bits per heavy atom. The highest BCUT2D eigenvalue weighted by Gasteiger charge is 2.29. The summed E-state index contributed by atoms with van der Waals surface area (Å²) in [6.07, 6.45) is 5.27. The van der Waals surface area contributed by atoms with Crippen molar-refractivity contribution >= 4 is 0 Å². The average Bonchev–Trinajstić information content (AvgIpc) is 2.27. The molecule has 1 N–H and O–H groups in total. The first-order chi connectivity index (χ1) is 8.84. The van der Waals surface area contributed by atoms with Crippen molar-refractivity contribution in [1.82, 2.24) is 4.98 Å². The fraction of sp³-hybridized carbons (Fsp3) is 0.706. The van der Waals surface area contributed by atoms with Gasteiger partial charge >= 0.3 is 0 Å². The first kappa shape index (κ1) is 16.2. The van der Waals surface area contributed by atoms with Crippen LogP contribution in [0.15, 0.2) is 18.3 Å². The topological polar surface area (TPSA) is 33.1 Å². The first-order valence-electron chi connectivity index (χ1n) is 7.51. The van der Waals surface area contributed by atoms with Crippen molar-refractivity contribution in [3.8, 4) is 0 Å². The van der Waals surface area contributed by atoms with Gasteiger partial charge in [0.25, 0.3) is 0 Å². The molecule has 0 aliphatic heterocycles. The third-order valence-electron chi connectivity index (χ3n) is 3.38. The molecule has 2 heteroatoms. The Labute approximate surface area is 118 Å². The highest BCUT2D eigenvalue weighted by Crippen LogP contribution is 2.28. The lowest BCUT2D eigenvalue weighted by Crippen LogP contribution is -2.35. The molecule has 0 fully saturated rings. The summed E-state index contributed by atoms with van der Waals surface area (Å²) in [5.41, 5.74) is 1.63. The second-order valence-corrected chi connectivity index (χ2v) is 6.61. The molecule has 0 amide bonds. The third kappa shape index (κ3) is 5.73. The maximum Gasteiger partial charge on any atom is 0.0707 e. The van der Waals surface area contributed by atoms with E-state index in [1.807, 2.05) is 6.20 Å². The van der Waals surface area contributed by atoms with Gasteiger partial charge in [-0.3, -0.25) is 4.98 Å². The SMILES string of the molecule is CCc1ccc(CC(O)(CC(C)C)CC(C)C)nc1. The summed E-state index contributed by atoms with van der Waals surface area (Å²) < 4.78 is 0. The lowest BCUT2D eigenvalue weighted by molar-refractivity contribution is -0.0000633. The van der Waals surface area contributed by atoms with Crippen molar-refractivity contribution < 1.29 is 5.11 Å². The highest BCUT2D eigenvalue weighted by atomic mass is 16.3. The molecule has 1 heterocycles. The fourth-order valence-corrected chi connectivity index (χ4v) is 2.85.